The number of nitrogen functional groups attached to an aromatic ring is 1. The van der Waals surface area contributed by atoms with Crippen molar-refractivity contribution in [2.75, 3.05) is 5.73 Å². The summed E-state index contributed by atoms with van der Waals surface area (Å²) in [4.78, 5) is 0. The van der Waals surface area contributed by atoms with Crippen molar-refractivity contribution in [1.29, 1.82) is 0 Å². The average molecular weight is 441 g/mol. The highest BCUT2D eigenvalue weighted by atomic mass is 35.5. The van der Waals surface area contributed by atoms with Crippen molar-refractivity contribution < 1.29 is 26.5 Å². The van der Waals surface area contributed by atoms with Crippen molar-refractivity contribution in [3.63, 3.8) is 0 Å². The summed E-state index contributed by atoms with van der Waals surface area (Å²) in [7, 11) is 0. The number of anilines is 1. The number of alkyl halides is 3. The minimum absolute atomic E-state index is 0.0437. The third-order valence-electron chi connectivity index (χ3n) is 4.23. The predicted molar refractivity (Wildman–Crippen MR) is 98.8 cm³/mol. The van der Waals surface area contributed by atoms with Gasteiger partial charge in [0.05, 0.1) is 21.8 Å². The number of nitrogens with zero attached hydrogens (tertiary/aromatic N) is 3. The van der Waals surface area contributed by atoms with Crippen LogP contribution in [0.5, 0.6) is 0 Å². The zero-order chi connectivity index (χ0) is 21.6. The molecule has 4 rings (SSSR count). The zero-order valence-electron chi connectivity index (χ0n) is 14.7. The van der Waals surface area contributed by atoms with Crippen LogP contribution in [0.2, 0.25) is 5.02 Å². The Morgan fingerprint density at radius 1 is 1.07 bits per heavy atom. The van der Waals surface area contributed by atoms with Gasteiger partial charge in [-0.25, -0.2) is 13.5 Å². The van der Waals surface area contributed by atoms with Crippen LogP contribution in [0.1, 0.15) is 5.69 Å². The number of nitrogens with two attached hydrogens (primary N) is 1. The van der Waals surface area contributed by atoms with Crippen molar-refractivity contribution in [2.45, 2.75) is 6.18 Å². The summed E-state index contributed by atoms with van der Waals surface area (Å²) < 4.78 is 74.3. The summed E-state index contributed by atoms with van der Waals surface area (Å²) in [5, 5.41) is 7.08. The largest absolute Gasteiger partial charge is 0.435 e. The van der Waals surface area contributed by atoms with E-state index in [0.29, 0.717) is 0 Å². The molecule has 0 atom stereocenters. The van der Waals surface area contributed by atoms with Crippen molar-refractivity contribution in [3.05, 3.63) is 71.0 Å². The predicted octanol–water partition coefficient (Wildman–Crippen LogP) is 5.73. The van der Waals surface area contributed by atoms with Crippen LogP contribution in [0.3, 0.4) is 0 Å². The SMILES string of the molecule is Nc1c(-c2c(F)cccc2Cl)noc1-c1cn(-c2cccc(F)c2)nc1C(F)(F)F. The number of halogens is 6. The molecule has 0 spiro atoms. The van der Waals surface area contributed by atoms with Crippen LogP contribution in [-0.4, -0.2) is 14.9 Å². The zero-order valence-corrected chi connectivity index (χ0v) is 15.5. The van der Waals surface area contributed by atoms with Gasteiger partial charge in [-0.15, -0.1) is 0 Å². The van der Waals surface area contributed by atoms with E-state index in [2.05, 4.69) is 10.3 Å². The molecule has 0 amide bonds. The fourth-order valence-corrected chi connectivity index (χ4v) is 3.15. The smallest absolute Gasteiger partial charge is 0.394 e. The van der Waals surface area contributed by atoms with Crippen LogP contribution >= 0.6 is 11.6 Å². The topological polar surface area (TPSA) is 69.9 Å². The molecule has 30 heavy (non-hydrogen) atoms. The molecule has 154 valence electrons. The van der Waals surface area contributed by atoms with E-state index in [-0.39, 0.29) is 27.7 Å². The van der Waals surface area contributed by atoms with Crippen LogP contribution in [0, 0.1) is 11.6 Å². The molecule has 0 saturated carbocycles. The first-order chi connectivity index (χ1) is 14.2. The highest BCUT2D eigenvalue weighted by Gasteiger charge is 2.40. The molecule has 0 unspecified atom stereocenters. The Morgan fingerprint density at radius 2 is 1.80 bits per heavy atom. The summed E-state index contributed by atoms with van der Waals surface area (Å²) in [6.45, 7) is 0. The third kappa shape index (κ3) is 3.39. The Labute approximate surface area is 170 Å². The molecule has 2 aromatic carbocycles. The number of benzene rings is 2. The Hall–Kier alpha value is -3.40. The first-order valence-corrected chi connectivity index (χ1v) is 8.67. The maximum Gasteiger partial charge on any atom is 0.435 e. The summed E-state index contributed by atoms with van der Waals surface area (Å²) >= 11 is 5.98. The molecule has 5 nitrogen and oxygen atoms in total. The van der Waals surface area contributed by atoms with Crippen LogP contribution in [0.25, 0.3) is 28.3 Å². The maximum absolute atomic E-state index is 14.2. The number of aromatic nitrogens is 3. The van der Waals surface area contributed by atoms with E-state index in [1.165, 1.54) is 24.3 Å². The Balaban J connectivity index is 1.90. The molecule has 4 aromatic rings. The van der Waals surface area contributed by atoms with Gasteiger partial charge in [-0.05, 0) is 30.3 Å². The van der Waals surface area contributed by atoms with Gasteiger partial charge < -0.3 is 10.3 Å². The summed E-state index contributed by atoms with van der Waals surface area (Å²) in [6, 6.07) is 8.65. The van der Waals surface area contributed by atoms with Crippen molar-refractivity contribution >= 4 is 17.3 Å². The number of rotatable bonds is 3. The maximum atomic E-state index is 14.2. The second kappa shape index (κ2) is 7.13. The molecular weight excluding hydrogens is 431 g/mol. The van der Waals surface area contributed by atoms with Gasteiger partial charge in [0.15, 0.2) is 11.5 Å². The lowest BCUT2D eigenvalue weighted by molar-refractivity contribution is -0.140. The molecular formula is C19H10ClF5N4O. The van der Waals surface area contributed by atoms with Crippen molar-refractivity contribution in [2.24, 2.45) is 0 Å². The average Bonchev–Trinajstić information content (AvgIpc) is 3.26. The standard InChI is InChI=1S/C19H10ClF5N4O/c20-12-5-2-6-13(22)14(12)16-15(26)17(30-28-16)11-8-29(27-18(11)19(23,24)25)10-4-1-3-9(21)7-10/h1-8H,26H2. The van der Waals surface area contributed by atoms with E-state index in [1.807, 2.05) is 0 Å². The lowest BCUT2D eigenvalue weighted by atomic mass is 10.1. The van der Waals surface area contributed by atoms with E-state index >= 15 is 0 Å². The second-order valence-electron chi connectivity index (χ2n) is 6.18. The molecule has 0 aliphatic carbocycles. The van der Waals surface area contributed by atoms with Gasteiger partial charge in [0.2, 0.25) is 0 Å². The van der Waals surface area contributed by atoms with Crippen LogP contribution in [0.4, 0.5) is 27.6 Å². The molecule has 2 aromatic heterocycles. The molecule has 2 N–H and O–H groups in total. The van der Waals surface area contributed by atoms with E-state index < -0.39 is 34.8 Å². The quantitative estimate of drug-likeness (QED) is 0.413. The van der Waals surface area contributed by atoms with Gasteiger partial charge >= 0.3 is 6.18 Å². The molecule has 2 heterocycles. The molecule has 0 radical (unpaired) electrons. The van der Waals surface area contributed by atoms with Gasteiger partial charge in [0, 0.05) is 6.20 Å². The molecule has 11 heteroatoms. The fourth-order valence-electron chi connectivity index (χ4n) is 2.90. The lowest BCUT2D eigenvalue weighted by Gasteiger charge is -2.05. The first kappa shape index (κ1) is 19.9. The summed E-state index contributed by atoms with van der Waals surface area (Å²) in [5.41, 5.74) is 3.29. The molecule has 0 aliphatic rings. The van der Waals surface area contributed by atoms with E-state index in [0.717, 1.165) is 29.1 Å². The minimum atomic E-state index is -4.89. The van der Waals surface area contributed by atoms with Crippen molar-refractivity contribution in [1.82, 2.24) is 14.9 Å². The van der Waals surface area contributed by atoms with Gasteiger partial charge in [0.25, 0.3) is 0 Å². The van der Waals surface area contributed by atoms with Gasteiger partial charge in [0.1, 0.15) is 23.0 Å². The van der Waals surface area contributed by atoms with Crippen LogP contribution in [-0.2, 0) is 6.18 Å². The Bertz CT molecular complexity index is 1230. The van der Waals surface area contributed by atoms with Gasteiger partial charge in [-0.1, -0.05) is 28.9 Å². The molecule has 0 fully saturated rings. The lowest BCUT2D eigenvalue weighted by Crippen LogP contribution is -2.09. The normalized spacial score (nSPS) is 11.8. The second-order valence-corrected chi connectivity index (χ2v) is 6.59. The Morgan fingerprint density at radius 3 is 2.47 bits per heavy atom. The number of hydrogen-bond acceptors (Lipinski definition) is 4. The molecule has 0 aliphatic heterocycles. The fraction of sp³-hybridized carbons (Fsp3) is 0.0526. The highest BCUT2D eigenvalue weighted by Crippen LogP contribution is 2.43. The Kier molecular flexibility index (Phi) is 4.73. The summed E-state index contributed by atoms with van der Waals surface area (Å²) in [6.07, 6.45) is -3.91. The van der Waals surface area contributed by atoms with Gasteiger partial charge in [-0.3, -0.25) is 0 Å². The van der Waals surface area contributed by atoms with Crippen molar-refractivity contribution in [3.8, 4) is 28.3 Å². The van der Waals surface area contributed by atoms with Gasteiger partial charge in [-0.2, -0.15) is 18.3 Å². The first-order valence-electron chi connectivity index (χ1n) is 8.29. The van der Waals surface area contributed by atoms with E-state index in [9.17, 15) is 22.0 Å². The molecule has 0 saturated heterocycles. The van der Waals surface area contributed by atoms with Crippen LogP contribution < -0.4 is 5.73 Å². The minimum Gasteiger partial charge on any atom is -0.394 e. The van der Waals surface area contributed by atoms with E-state index in [1.54, 1.807) is 0 Å². The molecule has 0 bridgehead atoms. The summed E-state index contributed by atoms with van der Waals surface area (Å²) in [5.74, 6) is -1.91. The number of hydrogen-bond donors (Lipinski definition) is 1. The third-order valence-corrected chi connectivity index (χ3v) is 4.54. The van der Waals surface area contributed by atoms with E-state index in [4.69, 9.17) is 21.9 Å². The highest BCUT2D eigenvalue weighted by molar-refractivity contribution is 6.33. The monoisotopic (exact) mass is 440 g/mol. The van der Waals surface area contributed by atoms with Crippen LogP contribution in [0.15, 0.2) is 53.2 Å².